The number of halogens is 2. The zero-order valence-corrected chi connectivity index (χ0v) is 24.2. The van der Waals surface area contributed by atoms with Crippen molar-refractivity contribution < 1.29 is 23.1 Å². The van der Waals surface area contributed by atoms with Crippen LogP contribution in [0.15, 0.2) is 110 Å². The summed E-state index contributed by atoms with van der Waals surface area (Å²) in [6.07, 6.45) is 1.51. The zero-order valence-electron chi connectivity index (χ0n) is 22.6. The number of nitrogens with zero attached hydrogens (tertiary/aromatic N) is 3. The summed E-state index contributed by atoms with van der Waals surface area (Å²) in [7, 11) is 1.58. The SMILES string of the molecule is COc1cccc2oc(-c3nc4ccccc4c(=O)n3N=Cc3ccc(OCC(=O)Nc4ccc(F)cc4)c(Br)c3)cc12. The molecule has 0 aliphatic rings. The fourth-order valence-corrected chi connectivity index (χ4v) is 4.94. The van der Waals surface area contributed by atoms with E-state index >= 15 is 0 Å². The summed E-state index contributed by atoms with van der Waals surface area (Å²) in [6.45, 7) is -0.257. The van der Waals surface area contributed by atoms with Crippen molar-refractivity contribution in [3.8, 4) is 23.1 Å². The third-order valence-corrected chi connectivity index (χ3v) is 7.10. The molecule has 214 valence electrons. The minimum absolute atomic E-state index is 0.226. The van der Waals surface area contributed by atoms with Crippen molar-refractivity contribution in [3.05, 3.63) is 117 Å². The second kappa shape index (κ2) is 11.9. The lowest BCUT2D eigenvalue weighted by atomic mass is 10.2. The van der Waals surface area contributed by atoms with Gasteiger partial charge in [0, 0.05) is 5.69 Å². The van der Waals surface area contributed by atoms with E-state index in [-0.39, 0.29) is 18.0 Å². The largest absolute Gasteiger partial charge is 0.496 e. The molecule has 0 fully saturated rings. The molecule has 0 spiro atoms. The Morgan fingerprint density at radius 2 is 1.84 bits per heavy atom. The molecule has 1 amide bonds. The fraction of sp³-hybridized carbons (Fsp3) is 0.0625. The number of anilines is 1. The quantitative estimate of drug-likeness (QED) is 0.187. The molecule has 43 heavy (non-hydrogen) atoms. The van der Waals surface area contributed by atoms with Gasteiger partial charge in [0.25, 0.3) is 11.5 Å². The van der Waals surface area contributed by atoms with Crippen LogP contribution >= 0.6 is 15.9 Å². The number of carbonyl (C=O) groups excluding carboxylic acids is 1. The van der Waals surface area contributed by atoms with Crippen LogP contribution in [0.1, 0.15) is 5.56 Å². The highest BCUT2D eigenvalue weighted by Gasteiger charge is 2.18. The third-order valence-electron chi connectivity index (χ3n) is 6.48. The van der Waals surface area contributed by atoms with Crippen molar-refractivity contribution in [1.29, 1.82) is 0 Å². The lowest BCUT2D eigenvalue weighted by Crippen LogP contribution is -2.20. The van der Waals surface area contributed by atoms with Crippen LogP contribution in [0.25, 0.3) is 33.5 Å². The van der Waals surface area contributed by atoms with Gasteiger partial charge in [-0.15, -0.1) is 0 Å². The second-order valence-corrected chi connectivity index (χ2v) is 10.2. The van der Waals surface area contributed by atoms with E-state index in [1.54, 1.807) is 55.6 Å². The van der Waals surface area contributed by atoms with Crippen LogP contribution in [0.3, 0.4) is 0 Å². The lowest BCUT2D eigenvalue weighted by molar-refractivity contribution is -0.118. The zero-order chi connectivity index (χ0) is 29.9. The van der Waals surface area contributed by atoms with Gasteiger partial charge in [-0.05, 0) is 94.3 Å². The molecule has 0 saturated heterocycles. The molecule has 0 radical (unpaired) electrons. The molecule has 11 heteroatoms. The van der Waals surface area contributed by atoms with E-state index in [9.17, 15) is 14.0 Å². The second-order valence-electron chi connectivity index (χ2n) is 9.33. The number of hydrogen-bond donors (Lipinski definition) is 1. The Labute approximate surface area is 252 Å². The lowest BCUT2D eigenvalue weighted by Gasteiger charge is -2.10. The smallest absolute Gasteiger partial charge is 0.282 e. The number of para-hydroxylation sites is 1. The van der Waals surface area contributed by atoms with Gasteiger partial charge in [0.15, 0.2) is 12.4 Å². The Hall–Kier alpha value is -5.29. The van der Waals surface area contributed by atoms with Gasteiger partial charge in [0.2, 0.25) is 5.82 Å². The number of rotatable bonds is 8. The highest BCUT2D eigenvalue weighted by atomic mass is 79.9. The Morgan fingerprint density at radius 3 is 2.63 bits per heavy atom. The minimum atomic E-state index is -0.400. The fourth-order valence-electron chi connectivity index (χ4n) is 4.43. The van der Waals surface area contributed by atoms with Gasteiger partial charge >= 0.3 is 0 Å². The summed E-state index contributed by atoms with van der Waals surface area (Å²) >= 11 is 3.46. The maximum Gasteiger partial charge on any atom is 0.282 e. The average molecular weight is 641 g/mol. The van der Waals surface area contributed by atoms with Crippen molar-refractivity contribution in [3.63, 3.8) is 0 Å². The summed E-state index contributed by atoms with van der Waals surface area (Å²) in [5.41, 5.74) is 1.83. The van der Waals surface area contributed by atoms with Crippen LogP contribution in [-0.2, 0) is 4.79 Å². The molecule has 9 nitrogen and oxygen atoms in total. The summed E-state index contributed by atoms with van der Waals surface area (Å²) in [5, 5.41) is 8.27. The molecule has 2 heterocycles. The maximum atomic E-state index is 13.6. The summed E-state index contributed by atoms with van der Waals surface area (Å²) in [4.78, 5) is 30.5. The van der Waals surface area contributed by atoms with Crippen molar-refractivity contribution in [2.75, 3.05) is 19.0 Å². The summed E-state index contributed by atoms with van der Waals surface area (Å²) in [6, 6.07) is 24.8. The monoisotopic (exact) mass is 640 g/mol. The normalized spacial score (nSPS) is 11.3. The number of fused-ring (bicyclic) bond motifs is 2. The summed E-state index contributed by atoms with van der Waals surface area (Å²) < 4.78 is 32.0. The molecule has 0 saturated carbocycles. The highest BCUT2D eigenvalue weighted by Crippen LogP contribution is 2.33. The number of benzene rings is 4. The molecule has 0 aliphatic carbocycles. The van der Waals surface area contributed by atoms with Crippen LogP contribution in [0, 0.1) is 5.82 Å². The molecule has 2 aromatic heterocycles. The van der Waals surface area contributed by atoms with Gasteiger partial charge in [-0.3, -0.25) is 9.59 Å². The predicted molar refractivity (Wildman–Crippen MR) is 165 cm³/mol. The Balaban J connectivity index is 1.28. The Bertz CT molecular complexity index is 2070. The molecule has 6 aromatic rings. The van der Waals surface area contributed by atoms with Crippen LogP contribution < -0.4 is 20.3 Å². The number of ether oxygens (including phenoxy) is 2. The van der Waals surface area contributed by atoms with E-state index in [0.29, 0.717) is 49.5 Å². The molecule has 0 atom stereocenters. The Morgan fingerprint density at radius 1 is 1.02 bits per heavy atom. The van der Waals surface area contributed by atoms with Gasteiger partial charge in [-0.2, -0.15) is 9.78 Å². The van der Waals surface area contributed by atoms with Crippen LogP contribution in [0.2, 0.25) is 0 Å². The standard InChI is InChI=1S/C32H22BrFN4O5/c1-41-26-7-4-8-27-23(26)16-29(43-27)31-37-25-6-3-2-5-22(25)32(40)38(31)35-17-19-9-14-28(24(33)15-19)42-18-30(39)36-21-12-10-20(34)11-13-21/h2-17H,18H2,1H3,(H,36,39). The number of methoxy groups -OCH3 is 1. The first-order valence-corrected chi connectivity index (χ1v) is 13.8. The van der Waals surface area contributed by atoms with E-state index in [1.165, 1.54) is 35.2 Å². The third kappa shape index (κ3) is 5.88. The molecular weight excluding hydrogens is 619 g/mol. The minimum Gasteiger partial charge on any atom is -0.496 e. The average Bonchev–Trinajstić information content (AvgIpc) is 3.46. The van der Waals surface area contributed by atoms with Gasteiger partial charge < -0.3 is 19.2 Å². The van der Waals surface area contributed by atoms with E-state index < -0.39 is 11.7 Å². The van der Waals surface area contributed by atoms with Crippen molar-refractivity contribution in [2.45, 2.75) is 0 Å². The molecule has 1 N–H and O–H groups in total. The van der Waals surface area contributed by atoms with Crippen LogP contribution in [-0.4, -0.2) is 35.5 Å². The predicted octanol–water partition coefficient (Wildman–Crippen LogP) is 6.62. The first-order chi connectivity index (χ1) is 20.9. The molecule has 4 aromatic carbocycles. The molecule has 0 unspecified atom stereocenters. The first kappa shape index (κ1) is 27.9. The number of amides is 1. The highest BCUT2D eigenvalue weighted by molar-refractivity contribution is 9.10. The molecule has 0 aliphatic heterocycles. The van der Waals surface area contributed by atoms with Gasteiger partial charge in [-0.25, -0.2) is 9.37 Å². The number of hydrogen-bond acceptors (Lipinski definition) is 7. The van der Waals surface area contributed by atoms with Crippen molar-refractivity contribution in [1.82, 2.24) is 9.66 Å². The van der Waals surface area contributed by atoms with Crippen LogP contribution in [0.4, 0.5) is 10.1 Å². The van der Waals surface area contributed by atoms with Gasteiger partial charge in [0.05, 0.1) is 34.1 Å². The first-order valence-electron chi connectivity index (χ1n) is 13.0. The number of furan rings is 1. The molecule has 6 rings (SSSR count). The number of aromatic nitrogens is 2. The van der Waals surface area contributed by atoms with Gasteiger partial charge in [-0.1, -0.05) is 18.2 Å². The molecule has 0 bridgehead atoms. The van der Waals surface area contributed by atoms with Crippen LogP contribution in [0.5, 0.6) is 11.5 Å². The maximum absolute atomic E-state index is 13.6. The van der Waals surface area contributed by atoms with E-state index in [4.69, 9.17) is 18.9 Å². The van der Waals surface area contributed by atoms with Crippen molar-refractivity contribution >= 4 is 55.6 Å². The van der Waals surface area contributed by atoms with Crippen molar-refractivity contribution in [2.24, 2.45) is 5.10 Å². The molecular formula is C32H22BrFN4O5. The van der Waals surface area contributed by atoms with E-state index in [0.717, 1.165) is 5.39 Å². The number of nitrogens with one attached hydrogen (secondary N) is 1. The van der Waals surface area contributed by atoms with Gasteiger partial charge in [0.1, 0.15) is 22.9 Å². The number of carbonyl (C=O) groups is 1. The Kier molecular flexibility index (Phi) is 7.71. The van der Waals surface area contributed by atoms with E-state index in [1.807, 2.05) is 18.2 Å². The topological polar surface area (TPSA) is 108 Å². The van der Waals surface area contributed by atoms with E-state index in [2.05, 4.69) is 26.3 Å². The summed E-state index contributed by atoms with van der Waals surface area (Å²) in [5.74, 6) is 0.837.